The highest BCUT2D eigenvalue weighted by Gasteiger charge is 2.36. The fraction of sp³-hybridized carbons (Fsp3) is 0.588. The molecule has 4 aliphatic rings. The lowest BCUT2D eigenvalue weighted by atomic mass is 10.0. The van der Waals surface area contributed by atoms with Crippen LogP contribution in [-0.2, 0) is 19.6 Å². The molecule has 0 aliphatic carbocycles. The monoisotopic (exact) mass is 393 g/mol. The Bertz CT molecular complexity index is 847. The summed E-state index contributed by atoms with van der Waals surface area (Å²) in [5, 5.41) is 3.06. The van der Waals surface area contributed by atoms with Crippen molar-refractivity contribution in [2.75, 3.05) is 45.0 Å². The quantitative estimate of drug-likeness (QED) is 0.639. The Morgan fingerprint density at radius 1 is 1.26 bits per heavy atom. The SMILES string of the molecule is O=C(C1=CC=CN2CCS(=O)(=O)N=C12)N1CCCC(N2CCNCC2=O)C1. The Morgan fingerprint density at radius 3 is 2.93 bits per heavy atom. The Balaban J connectivity index is 1.53. The number of amidine groups is 1. The molecule has 0 radical (unpaired) electrons. The molecule has 0 aromatic carbocycles. The molecule has 4 heterocycles. The van der Waals surface area contributed by atoms with E-state index >= 15 is 0 Å². The number of carbonyl (C=O) groups is 2. The number of hydrogen-bond acceptors (Lipinski definition) is 6. The Hall–Kier alpha value is -2.20. The standard InChI is InChI=1S/C17H23N5O4S/c23-15-11-18-5-8-22(15)13-3-1-7-21(12-13)17(24)14-4-2-6-20-9-10-27(25,26)19-16(14)20/h2,4,6,13,18H,1,3,5,7-12H2. The van der Waals surface area contributed by atoms with E-state index in [1.165, 1.54) is 0 Å². The van der Waals surface area contributed by atoms with Crippen molar-refractivity contribution in [2.45, 2.75) is 18.9 Å². The van der Waals surface area contributed by atoms with Crippen molar-refractivity contribution in [3.05, 3.63) is 23.9 Å². The van der Waals surface area contributed by atoms with Gasteiger partial charge in [-0.3, -0.25) is 9.59 Å². The van der Waals surface area contributed by atoms with Gasteiger partial charge in [0.15, 0.2) is 5.84 Å². The van der Waals surface area contributed by atoms with Gasteiger partial charge in [-0.25, -0.2) is 8.42 Å². The first-order valence-electron chi connectivity index (χ1n) is 9.22. The molecular weight excluding hydrogens is 370 g/mol. The minimum Gasteiger partial charge on any atom is -0.336 e. The van der Waals surface area contributed by atoms with E-state index < -0.39 is 10.0 Å². The lowest BCUT2D eigenvalue weighted by Crippen LogP contribution is -2.58. The highest BCUT2D eigenvalue weighted by atomic mass is 32.2. The number of nitrogens with one attached hydrogen (secondary N) is 1. The number of rotatable bonds is 2. The molecule has 0 saturated carbocycles. The summed E-state index contributed by atoms with van der Waals surface area (Å²) < 4.78 is 27.6. The molecule has 27 heavy (non-hydrogen) atoms. The zero-order valence-electron chi connectivity index (χ0n) is 15.0. The van der Waals surface area contributed by atoms with Gasteiger partial charge in [-0.15, -0.1) is 4.40 Å². The number of likely N-dealkylation sites (tertiary alicyclic amines) is 1. The van der Waals surface area contributed by atoms with Crippen LogP contribution in [0.15, 0.2) is 28.3 Å². The van der Waals surface area contributed by atoms with Gasteiger partial charge in [0, 0.05) is 45.0 Å². The van der Waals surface area contributed by atoms with Gasteiger partial charge in [0.2, 0.25) is 5.91 Å². The maximum Gasteiger partial charge on any atom is 0.257 e. The normalized spacial score (nSPS) is 27.8. The van der Waals surface area contributed by atoms with Crippen LogP contribution in [0.5, 0.6) is 0 Å². The summed E-state index contributed by atoms with van der Waals surface area (Å²) in [5.74, 6) is -0.0185. The van der Waals surface area contributed by atoms with Crippen molar-refractivity contribution < 1.29 is 18.0 Å². The molecule has 0 aromatic rings. The molecule has 10 heteroatoms. The highest BCUT2D eigenvalue weighted by Crippen LogP contribution is 2.23. The molecule has 4 rings (SSSR count). The largest absolute Gasteiger partial charge is 0.336 e. The molecule has 9 nitrogen and oxygen atoms in total. The number of hydrogen-bond donors (Lipinski definition) is 1. The van der Waals surface area contributed by atoms with Crippen molar-refractivity contribution in [3.63, 3.8) is 0 Å². The van der Waals surface area contributed by atoms with Gasteiger partial charge in [-0.1, -0.05) is 0 Å². The Kier molecular flexibility index (Phi) is 4.77. The average Bonchev–Trinajstić information content (AvgIpc) is 2.67. The lowest BCUT2D eigenvalue weighted by Gasteiger charge is -2.41. The molecule has 2 amide bonds. The molecule has 1 atom stereocenters. The van der Waals surface area contributed by atoms with Crippen molar-refractivity contribution in [3.8, 4) is 0 Å². The van der Waals surface area contributed by atoms with Gasteiger partial charge >= 0.3 is 0 Å². The van der Waals surface area contributed by atoms with E-state index in [0.29, 0.717) is 38.3 Å². The second-order valence-corrected chi connectivity index (χ2v) is 8.88. The van der Waals surface area contributed by atoms with Gasteiger partial charge in [-0.2, -0.15) is 0 Å². The lowest BCUT2D eigenvalue weighted by molar-refractivity contribution is -0.138. The molecule has 0 bridgehead atoms. The third-order valence-electron chi connectivity index (χ3n) is 5.34. The molecule has 1 N–H and O–H groups in total. The molecule has 2 fully saturated rings. The molecule has 2 saturated heterocycles. The van der Waals surface area contributed by atoms with Gasteiger partial charge in [-0.05, 0) is 25.0 Å². The fourth-order valence-electron chi connectivity index (χ4n) is 3.95. The average molecular weight is 393 g/mol. The van der Waals surface area contributed by atoms with E-state index in [9.17, 15) is 18.0 Å². The van der Waals surface area contributed by atoms with Gasteiger partial charge < -0.3 is 20.0 Å². The second-order valence-electron chi connectivity index (χ2n) is 7.13. The van der Waals surface area contributed by atoms with Crippen LogP contribution < -0.4 is 5.32 Å². The van der Waals surface area contributed by atoms with Gasteiger partial charge in [0.1, 0.15) is 0 Å². The van der Waals surface area contributed by atoms with Crippen LogP contribution in [-0.4, -0.2) is 91.8 Å². The van der Waals surface area contributed by atoms with E-state index in [4.69, 9.17) is 0 Å². The number of amides is 2. The predicted octanol–water partition coefficient (Wildman–Crippen LogP) is -1.09. The number of fused-ring (bicyclic) bond motifs is 1. The maximum absolute atomic E-state index is 13.1. The summed E-state index contributed by atoms with van der Waals surface area (Å²) >= 11 is 0. The number of sulfonamides is 1. The van der Waals surface area contributed by atoms with E-state index in [1.807, 2.05) is 4.90 Å². The Morgan fingerprint density at radius 2 is 2.11 bits per heavy atom. The van der Waals surface area contributed by atoms with Crippen molar-refractivity contribution in [1.82, 2.24) is 20.0 Å². The first kappa shape index (κ1) is 18.2. The van der Waals surface area contributed by atoms with E-state index in [1.54, 1.807) is 28.2 Å². The number of piperazine rings is 1. The number of nitrogens with zero attached hydrogens (tertiary/aromatic N) is 4. The summed E-state index contributed by atoms with van der Waals surface area (Å²) in [7, 11) is -3.54. The highest BCUT2D eigenvalue weighted by molar-refractivity contribution is 7.90. The zero-order chi connectivity index (χ0) is 19.0. The van der Waals surface area contributed by atoms with Crippen molar-refractivity contribution in [2.24, 2.45) is 4.40 Å². The maximum atomic E-state index is 13.1. The second kappa shape index (κ2) is 7.08. The van der Waals surface area contributed by atoms with Crippen LogP contribution in [0.3, 0.4) is 0 Å². The summed E-state index contributed by atoms with van der Waals surface area (Å²) in [6.07, 6.45) is 6.79. The van der Waals surface area contributed by atoms with Crippen LogP contribution in [0.4, 0.5) is 0 Å². The van der Waals surface area contributed by atoms with E-state index in [0.717, 1.165) is 19.4 Å². The summed E-state index contributed by atoms with van der Waals surface area (Å²) in [6.45, 7) is 3.10. The molecule has 4 aliphatic heterocycles. The topological polar surface area (TPSA) is 102 Å². The molecule has 1 unspecified atom stereocenters. The van der Waals surface area contributed by atoms with Crippen LogP contribution in [0, 0.1) is 0 Å². The van der Waals surface area contributed by atoms with Crippen LogP contribution in [0.25, 0.3) is 0 Å². The summed E-state index contributed by atoms with van der Waals surface area (Å²) in [4.78, 5) is 30.6. The molecule has 146 valence electrons. The molecule has 0 spiro atoms. The number of piperidine rings is 1. The third kappa shape index (κ3) is 3.63. The first-order chi connectivity index (χ1) is 12.9. The van der Waals surface area contributed by atoms with E-state index in [2.05, 4.69) is 9.71 Å². The van der Waals surface area contributed by atoms with E-state index in [-0.39, 0.29) is 29.4 Å². The Labute approximate surface area is 158 Å². The summed E-state index contributed by atoms with van der Waals surface area (Å²) in [6, 6.07) is 0.00478. The van der Waals surface area contributed by atoms with Crippen molar-refractivity contribution >= 4 is 27.7 Å². The molecular formula is C17H23N5O4S. The van der Waals surface area contributed by atoms with Crippen LogP contribution in [0.2, 0.25) is 0 Å². The smallest absolute Gasteiger partial charge is 0.257 e. The van der Waals surface area contributed by atoms with Crippen LogP contribution >= 0.6 is 0 Å². The molecule has 0 aromatic heterocycles. The van der Waals surface area contributed by atoms with Crippen molar-refractivity contribution in [1.29, 1.82) is 0 Å². The summed E-state index contributed by atoms with van der Waals surface area (Å²) in [5.41, 5.74) is 0.299. The van der Waals surface area contributed by atoms with Crippen LogP contribution in [0.1, 0.15) is 12.8 Å². The number of carbonyl (C=O) groups excluding carboxylic acids is 2. The fourth-order valence-corrected chi connectivity index (χ4v) is 4.94. The predicted molar refractivity (Wildman–Crippen MR) is 99.3 cm³/mol. The zero-order valence-corrected chi connectivity index (χ0v) is 15.8. The minimum absolute atomic E-state index is 0.00478. The van der Waals surface area contributed by atoms with Gasteiger partial charge in [0.05, 0.1) is 17.9 Å². The van der Waals surface area contributed by atoms with Gasteiger partial charge in [0.25, 0.3) is 15.9 Å². The number of allylic oxidation sites excluding steroid dienone is 2. The first-order valence-corrected chi connectivity index (χ1v) is 10.8. The third-order valence-corrected chi connectivity index (χ3v) is 6.49. The minimum atomic E-state index is -3.54.